The van der Waals surface area contributed by atoms with E-state index in [1.807, 2.05) is 41.1 Å². The van der Waals surface area contributed by atoms with E-state index in [0.29, 0.717) is 23.7 Å². The Morgan fingerprint density at radius 1 is 0.970 bits per heavy atom. The molecule has 0 radical (unpaired) electrons. The van der Waals surface area contributed by atoms with Gasteiger partial charge in [-0.3, -0.25) is 9.97 Å². The van der Waals surface area contributed by atoms with Crippen molar-refractivity contribution in [3.05, 3.63) is 79.0 Å². The smallest absolute Gasteiger partial charge is 0.166 e. The Balaban J connectivity index is 1.47. The predicted molar refractivity (Wildman–Crippen MR) is 128 cm³/mol. The molecule has 0 aliphatic rings. The lowest BCUT2D eigenvalue weighted by Gasteiger charge is -2.12. The predicted octanol–water partition coefficient (Wildman–Crippen LogP) is 4.85. The van der Waals surface area contributed by atoms with E-state index in [-0.39, 0.29) is 11.8 Å². The highest BCUT2D eigenvalue weighted by Gasteiger charge is 2.16. The number of fused-ring (bicyclic) bond motifs is 1. The second-order valence-electron chi connectivity index (χ2n) is 8.01. The molecule has 2 N–H and O–H groups in total. The summed E-state index contributed by atoms with van der Waals surface area (Å²) >= 11 is 0. The van der Waals surface area contributed by atoms with Crippen molar-refractivity contribution in [3.63, 3.8) is 0 Å². The van der Waals surface area contributed by atoms with Crippen LogP contribution in [0.1, 0.15) is 25.5 Å². The van der Waals surface area contributed by atoms with Crippen LogP contribution in [-0.2, 0) is 6.54 Å². The summed E-state index contributed by atoms with van der Waals surface area (Å²) in [6.07, 6.45) is 7.17. The van der Waals surface area contributed by atoms with Crippen molar-refractivity contribution >= 4 is 17.0 Å². The summed E-state index contributed by atoms with van der Waals surface area (Å²) in [6.45, 7) is 4.69. The number of pyridine rings is 2. The number of nitrogens with one attached hydrogen (secondary N) is 1. The first-order valence-electron chi connectivity index (χ1n) is 10.7. The maximum Gasteiger partial charge on any atom is 0.166 e. The van der Waals surface area contributed by atoms with E-state index in [9.17, 15) is 5.11 Å². The van der Waals surface area contributed by atoms with Crippen LogP contribution in [0.3, 0.4) is 0 Å². The van der Waals surface area contributed by atoms with Crippen molar-refractivity contribution in [3.8, 4) is 28.4 Å². The molecule has 8 heteroatoms. The molecule has 5 rings (SSSR count). The molecule has 0 atom stereocenters. The van der Waals surface area contributed by atoms with E-state index in [4.69, 9.17) is 9.97 Å². The summed E-state index contributed by atoms with van der Waals surface area (Å²) in [5.41, 5.74) is 5.04. The van der Waals surface area contributed by atoms with Crippen LogP contribution < -0.4 is 5.32 Å². The number of rotatable bonds is 6. The average molecular weight is 438 g/mol. The second-order valence-corrected chi connectivity index (χ2v) is 8.01. The molecule has 0 aliphatic heterocycles. The van der Waals surface area contributed by atoms with Gasteiger partial charge in [-0.25, -0.2) is 15.0 Å². The Bertz CT molecular complexity index is 1400. The van der Waals surface area contributed by atoms with E-state index < -0.39 is 0 Å². The topological polar surface area (TPSA) is 102 Å². The molecule has 164 valence electrons. The number of anilines is 1. The molecule has 33 heavy (non-hydrogen) atoms. The zero-order valence-electron chi connectivity index (χ0n) is 18.3. The summed E-state index contributed by atoms with van der Waals surface area (Å²) in [6, 6.07) is 15.0. The van der Waals surface area contributed by atoms with Gasteiger partial charge in [0.05, 0.1) is 12.0 Å². The van der Waals surface area contributed by atoms with Crippen molar-refractivity contribution in [1.29, 1.82) is 0 Å². The van der Waals surface area contributed by atoms with Crippen LogP contribution in [0.5, 0.6) is 5.75 Å². The lowest BCUT2D eigenvalue weighted by atomic mass is 10.1. The van der Waals surface area contributed by atoms with Crippen molar-refractivity contribution in [2.24, 2.45) is 0 Å². The summed E-state index contributed by atoms with van der Waals surface area (Å²) in [4.78, 5) is 22.8. The molecule has 0 saturated heterocycles. The molecule has 0 aliphatic carbocycles. The standard InChI is InChI=1S/C25H23N7O/c1-16(2)32-15-29-22-24(30-23(31-25(22)32)18-5-3-7-20(33)11-18)28-13-17-8-9-21(27-12-17)19-6-4-10-26-14-19/h3-12,14-16,33H,13H2,1-2H3,(H,28,30,31). The molecule has 8 nitrogen and oxygen atoms in total. The number of benzene rings is 1. The molecule has 0 bridgehead atoms. The van der Waals surface area contributed by atoms with E-state index in [0.717, 1.165) is 28.0 Å². The van der Waals surface area contributed by atoms with Gasteiger partial charge in [-0.15, -0.1) is 0 Å². The average Bonchev–Trinajstić information content (AvgIpc) is 3.28. The molecule has 1 aromatic carbocycles. The van der Waals surface area contributed by atoms with Gasteiger partial charge >= 0.3 is 0 Å². The monoisotopic (exact) mass is 437 g/mol. The van der Waals surface area contributed by atoms with Gasteiger partial charge in [0.15, 0.2) is 17.3 Å². The SMILES string of the molecule is CC(C)n1cnc2c(NCc3ccc(-c4cccnc4)nc3)nc(-c3cccc(O)c3)nc21. The fourth-order valence-corrected chi connectivity index (χ4v) is 3.59. The Kier molecular flexibility index (Phi) is 5.40. The fourth-order valence-electron chi connectivity index (χ4n) is 3.59. The number of imidazole rings is 1. The number of hydrogen-bond acceptors (Lipinski definition) is 7. The third-order valence-electron chi connectivity index (χ3n) is 5.32. The minimum Gasteiger partial charge on any atom is -0.508 e. The summed E-state index contributed by atoms with van der Waals surface area (Å²) in [5.74, 6) is 1.32. The van der Waals surface area contributed by atoms with Crippen LogP contribution in [0.15, 0.2) is 73.4 Å². The van der Waals surface area contributed by atoms with E-state index in [1.165, 1.54) is 0 Å². The maximum atomic E-state index is 9.92. The summed E-state index contributed by atoms with van der Waals surface area (Å²) in [7, 11) is 0. The fraction of sp³-hybridized carbons (Fsp3) is 0.160. The highest BCUT2D eigenvalue weighted by atomic mass is 16.3. The molecule has 0 unspecified atom stereocenters. The zero-order chi connectivity index (χ0) is 22.8. The van der Waals surface area contributed by atoms with Crippen molar-refractivity contribution in [1.82, 2.24) is 29.5 Å². The molecule has 4 heterocycles. The highest BCUT2D eigenvalue weighted by Crippen LogP contribution is 2.27. The van der Waals surface area contributed by atoms with Crippen LogP contribution in [0.4, 0.5) is 5.82 Å². The number of nitrogens with zero attached hydrogens (tertiary/aromatic N) is 6. The first-order valence-corrected chi connectivity index (χ1v) is 10.7. The summed E-state index contributed by atoms with van der Waals surface area (Å²) in [5, 5.41) is 13.3. The van der Waals surface area contributed by atoms with Crippen LogP contribution in [0.25, 0.3) is 33.8 Å². The zero-order valence-corrected chi connectivity index (χ0v) is 18.3. The molecular weight excluding hydrogens is 414 g/mol. The second kappa shape index (κ2) is 8.66. The molecule has 4 aromatic heterocycles. The van der Waals surface area contributed by atoms with Crippen LogP contribution in [0, 0.1) is 0 Å². The number of aromatic hydroxyl groups is 1. The first-order chi connectivity index (χ1) is 16.1. The Morgan fingerprint density at radius 3 is 2.58 bits per heavy atom. The lowest BCUT2D eigenvalue weighted by molar-refractivity contribution is 0.475. The Labute approximate surface area is 191 Å². The maximum absolute atomic E-state index is 9.92. The molecule has 0 saturated carbocycles. The van der Waals surface area contributed by atoms with Crippen molar-refractivity contribution < 1.29 is 5.11 Å². The normalized spacial score (nSPS) is 11.2. The third-order valence-corrected chi connectivity index (χ3v) is 5.32. The minimum absolute atomic E-state index is 0.169. The van der Waals surface area contributed by atoms with Gasteiger partial charge in [-0.2, -0.15) is 0 Å². The largest absolute Gasteiger partial charge is 0.508 e. The van der Waals surface area contributed by atoms with E-state index >= 15 is 0 Å². The molecule has 0 spiro atoms. The van der Waals surface area contributed by atoms with Crippen molar-refractivity contribution in [2.75, 3.05) is 5.32 Å². The Morgan fingerprint density at radius 2 is 1.85 bits per heavy atom. The van der Waals surface area contributed by atoms with E-state index in [1.54, 1.807) is 36.9 Å². The van der Waals surface area contributed by atoms with Crippen LogP contribution in [-0.4, -0.2) is 34.6 Å². The molecule has 0 fully saturated rings. The van der Waals surface area contributed by atoms with Gasteiger partial charge in [0.1, 0.15) is 11.3 Å². The highest BCUT2D eigenvalue weighted by molar-refractivity contribution is 5.85. The number of hydrogen-bond donors (Lipinski definition) is 2. The molecule has 5 aromatic rings. The van der Waals surface area contributed by atoms with Gasteiger partial charge in [-0.1, -0.05) is 18.2 Å². The van der Waals surface area contributed by atoms with Crippen molar-refractivity contribution in [2.45, 2.75) is 26.4 Å². The quantitative estimate of drug-likeness (QED) is 0.391. The Hall–Kier alpha value is -4.33. The van der Waals surface area contributed by atoms with Crippen LogP contribution >= 0.6 is 0 Å². The van der Waals surface area contributed by atoms with Crippen LogP contribution in [0.2, 0.25) is 0 Å². The molecular formula is C25H23N7O. The third kappa shape index (κ3) is 4.23. The number of phenolic OH excluding ortho intramolecular Hbond substituents is 1. The van der Waals surface area contributed by atoms with Gasteiger partial charge in [0, 0.05) is 42.3 Å². The van der Waals surface area contributed by atoms with E-state index in [2.05, 4.69) is 34.1 Å². The lowest BCUT2D eigenvalue weighted by Crippen LogP contribution is -2.06. The van der Waals surface area contributed by atoms with Gasteiger partial charge in [-0.05, 0) is 49.7 Å². The first kappa shape index (κ1) is 20.6. The summed E-state index contributed by atoms with van der Waals surface area (Å²) < 4.78 is 2.01. The van der Waals surface area contributed by atoms with Gasteiger partial charge in [0.25, 0.3) is 0 Å². The minimum atomic E-state index is 0.169. The van der Waals surface area contributed by atoms with Gasteiger partial charge < -0.3 is 15.0 Å². The van der Waals surface area contributed by atoms with Gasteiger partial charge in [0.2, 0.25) is 0 Å². The molecule has 0 amide bonds. The number of aromatic nitrogens is 6. The number of phenols is 1.